The van der Waals surface area contributed by atoms with E-state index in [4.69, 9.17) is 15.9 Å². The quantitative estimate of drug-likeness (QED) is 0.659. The Balaban J connectivity index is 2.45. The van der Waals surface area contributed by atoms with Gasteiger partial charge in [0.25, 0.3) is 0 Å². The van der Waals surface area contributed by atoms with E-state index in [2.05, 4.69) is 0 Å². The van der Waals surface area contributed by atoms with E-state index >= 15 is 0 Å². The summed E-state index contributed by atoms with van der Waals surface area (Å²) in [5, 5.41) is 20.0. The molecule has 6 heteroatoms. The van der Waals surface area contributed by atoms with Gasteiger partial charge in [0.2, 0.25) is 0 Å². The highest BCUT2D eigenvalue weighted by atomic mass is 16.3. The van der Waals surface area contributed by atoms with E-state index in [-0.39, 0.29) is 13.2 Å². The molecule has 2 heterocycles. The van der Waals surface area contributed by atoms with E-state index in [1.165, 1.54) is 0 Å². The molecule has 6 nitrogen and oxygen atoms in total. The van der Waals surface area contributed by atoms with Crippen LogP contribution in [0.5, 0.6) is 0 Å². The Morgan fingerprint density at radius 1 is 1.24 bits per heavy atom. The molecule has 0 aliphatic rings. The lowest BCUT2D eigenvalue weighted by molar-refractivity contribution is 0.266. The highest BCUT2D eigenvalue weighted by Crippen LogP contribution is 2.20. The SMILES string of the molecule is Cc1c(N)cn2ccn(N(CCO)CCO)c12. The lowest BCUT2D eigenvalue weighted by atomic mass is 10.3. The second-order valence-electron chi connectivity index (χ2n) is 3.98. The number of hydrogen-bond acceptors (Lipinski definition) is 4. The molecule has 0 radical (unpaired) electrons. The van der Waals surface area contributed by atoms with Crippen LogP contribution in [0.1, 0.15) is 5.56 Å². The molecule has 0 unspecified atom stereocenters. The van der Waals surface area contributed by atoms with Crippen LogP contribution in [0, 0.1) is 6.92 Å². The molecule has 0 saturated carbocycles. The van der Waals surface area contributed by atoms with E-state index in [0.717, 1.165) is 16.9 Å². The zero-order valence-electron chi connectivity index (χ0n) is 9.87. The topological polar surface area (TPSA) is 79.1 Å². The second-order valence-corrected chi connectivity index (χ2v) is 3.98. The Hall–Kier alpha value is -1.66. The highest BCUT2D eigenvalue weighted by Gasteiger charge is 2.12. The van der Waals surface area contributed by atoms with Crippen molar-refractivity contribution in [2.45, 2.75) is 6.92 Å². The number of aryl methyl sites for hydroxylation is 1. The van der Waals surface area contributed by atoms with Crippen molar-refractivity contribution in [3.8, 4) is 0 Å². The molecule has 0 spiro atoms. The van der Waals surface area contributed by atoms with Crippen molar-refractivity contribution in [3.05, 3.63) is 24.2 Å². The fourth-order valence-corrected chi connectivity index (χ4v) is 2.03. The summed E-state index contributed by atoms with van der Waals surface area (Å²) in [4.78, 5) is 0. The molecule has 0 aliphatic heterocycles. The molecule has 0 bridgehead atoms. The number of hydrogen-bond donors (Lipinski definition) is 3. The number of imidazole rings is 1. The monoisotopic (exact) mass is 238 g/mol. The zero-order chi connectivity index (χ0) is 12.4. The Bertz CT molecular complexity index is 497. The lowest BCUT2D eigenvalue weighted by Gasteiger charge is -2.24. The molecular formula is C11H18N4O2. The summed E-state index contributed by atoms with van der Waals surface area (Å²) >= 11 is 0. The summed E-state index contributed by atoms with van der Waals surface area (Å²) in [6.45, 7) is 2.97. The van der Waals surface area contributed by atoms with Crippen molar-refractivity contribution in [1.82, 2.24) is 9.08 Å². The fourth-order valence-electron chi connectivity index (χ4n) is 2.03. The average Bonchev–Trinajstić information content (AvgIpc) is 2.81. The first-order valence-electron chi connectivity index (χ1n) is 5.60. The lowest BCUT2D eigenvalue weighted by Crippen LogP contribution is -2.38. The normalized spacial score (nSPS) is 11.2. The van der Waals surface area contributed by atoms with Gasteiger partial charge < -0.3 is 25.4 Å². The van der Waals surface area contributed by atoms with E-state index in [9.17, 15) is 0 Å². The van der Waals surface area contributed by atoms with Gasteiger partial charge in [-0.25, -0.2) is 4.68 Å². The first kappa shape index (κ1) is 11.8. The van der Waals surface area contributed by atoms with Crippen LogP contribution in [0.15, 0.2) is 18.6 Å². The largest absolute Gasteiger partial charge is 0.397 e. The number of nitrogens with two attached hydrogens (primary N) is 1. The van der Waals surface area contributed by atoms with Crippen molar-refractivity contribution in [3.63, 3.8) is 0 Å². The van der Waals surface area contributed by atoms with Crippen LogP contribution in [0.2, 0.25) is 0 Å². The number of rotatable bonds is 5. The molecule has 0 saturated heterocycles. The van der Waals surface area contributed by atoms with Crippen LogP contribution >= 0.6 is 0 Å². The molecule has 0 amide bonds. The Morgan fingerprint density at radius 2 is 1.88 bits per heavy atom. The maximum Gasteiger partial charge on any atom is 0.140 e. The van der Waals surface area contributed by atoms with Gasteiger partial charge in [-0.3, -0.25) is 0 Å². The van der Waals surface area contributed by atoms with Gasteiger partial charge in [0.15, 0.2) is 0 Å². The molecule has 0 aliphatic carbocycles. The van der Waals surface area contributed by atoms with Gasteiger partial charge in [0.05, 0.1) is 32.0 Å². The number of aromatic nitrogens is 2. The summed E-state index contributed by atoms with van der Waals surface area (Å²) in [6, 6.07) is 0. The molecule has 2 aromatic heterocycles. The van der Waals surface area contributed by atoms with Gasteiger partial charge in [0, 0.05) is 24.2 Å². The number of anilines is 1. The smallest absolute Gasteiger partial charge is 0.140 e. The molecule has 0 aromatic carbocycles. The van der Waals surface area contributed by atoms with Crippen LogP contribution < -0.4 is 10.7 Å². The van der Waals surface area contributed by atoms with Crippen LogP contribution in [0.25, 0.3) is 5.65 Å². The Kier molecular flexibility index (Phi) is 3.26. The zero-order valence-corrected chi connectivity index (χ0v) is 9.87. The summed E-state index contributed by atoms with van der Waals surface area (Å²) in [5.41, 5.74) is 8.56. The summed E-state index contributed by atoms with van der Waals surface area (Å²) in [5.74, 6) is 0. The van der Waals surface area contributed by atoms with E-state index in [1.807, 2.05) is 39.6 Å². The van der Waals surface area contributed by atoms with Gasteiger partial charge in [-0.05, 0) is 6.92 Å². The Morgan fingerprint density at radius 3 is 2.47 bits per heavy atom. The van der Waals surface area contributed by atoms with Crippen LogP contribution in [0.3, 0.4) is 0 Å². The predicted molar refractivity (Wildman–Crippen MR) is 66.7 cm³/mol. The number of aliphatic hydroxyl groups is 2. The average molecular weight is 238 g/mol. The first-order chi connectivity index (χ1) is 8.19. The highest BCUT2D eigenvalue weighted by molar-refractivity contribution is 5.64. The molecule has 0 atom stereocenters. The summed E-state index contributed by atoms with van der Waals surface area (Å²) in [7, 11) is 0. The number of fused-ring (bicyclic) bond motifs is 1. The molecule has 94 valence electrons. The summed E-state index contributed by atoms with van der Waals surface area (Å²) in [6.07, 6.45) is 5.66. The van der Waals surface area contributed by atoms with Crippen molar-refractivity contribution in [1.29, 1.82) is 0 Å². The van der Waals surface area contributed by atoms with E-state index in [0.29, 0.717) is 13.1 Å². The third-order valence-corrected chi connectivity index (χ3v) is 2.90. The van der Waals surface area contributed by atoms with Gasteiger partial charge in [0.1, 0.15) is 5.65 Å². The van der Waals surface area contributed by atoms with Crippen molar-refractivity contribution < 1.29 is 10.2 Å². The molecule has 4 N–H and O–H groups in total. The first-order valence-corrected chi connectivity index (χ1v) is 5.60. The van der Waals surface area contributed by atoms with Crippen molar-refractivity contribution >= 4 is 11.3 Å². The van der Waals surface area contributed by atoms with E-state index < -0.39 is 0 Å². The third-order valence-electron chi connectivity index (χ3n) is 2.90. The van der Waals surface area contributed by atoms with Crippen molar-refractivity contribution in [2.75, 3.05) is 37.0 Å². The number of nitrogen functional groups attached to an aromatic ring is 1. The fraction of sp³-hybridized carbons (Fsp3) is 0.455. The minimum atomic E-state index is 0.0412. The molecule has 0 fully saturated rings. The van der Waals surface area contributed by atoms with Gasteiger partial charge >= 0.3 is 0 Å². The minimum Gasteiger partial charge on any atom is -0.397 e. The predicted octanol–water partition coefficient (Wildman–Crippen LogP) is -0.446. The van der Waals surface area contributed by atoms with Gasteiger partial charge in [-0.2, -0.15) is 0 Å². The second kappa shape index (κ2) is 4.68. The van der Waals surface area contributed by atoms with E-state index in [1.54, 1.807) is 0 Å². The summed E-state index contributed by atoms with van der Waals surface area (Å²) < 4.78 is 3.85. The van der Waals surface area contributed by atoms with Crippen molar-refractivity contribution in [2.24, 2.45) is 0 Å². The molecule has 2 rings (SSSR count). The minimum absolute atomic E-state index is 0.0412. The van der Waals surface area contributed by atoms with Gasteiger partial charge in [-0.15, -0.1) is 0 Å². The maximum absolute atomic E-state index is 9.04. The third kappa shape index (κ3) is 1.96. The molecule has 17 heavy (non-hydrogen) atoms. The molecule has 2 aromatic rings. The van der Waals surface area contributed by atoms with Crippen LogP contribution in [-0.4, -0.2) is 45.6 Å². The standard InChI is InChI=1S/C11H18N4O2/c1-9-10(12)8-13-2-3-15(11(9)13)14(4-6-16)5-7-17/h2-3,8,16-17H,4-7,12H2,1H3. The Labute approximate surface area is 99.5 Å². The molecular weight excluding hydrogens is 220 g/mol. The van der Waals surface area contributed by atoms with Crippen LogP contribution in [0.4, 0.5) is 5.69 Å². The maximum atomic E-state index is 9.04. The van der Waals surface area contributed by atoms with Gasteiger partial charge in [-0.1, -0.05) is 0 Å². The number of nitrogens with zero attached hydrogens (tertiary/aromatic N) is 3. The van der Waals surface area contributed by atoms with Crippen LogP contribution in [-0.2, 0) is 0 Å². The number of aliphatic hydroxyl groups excluding tert-OH is 2.